The number of benzene rings is 8. The average Bonchev–Trinajstić information content (AvgIpc) is 3.40. The monoisotopic (exact) mass is 1100 g/mol. The number of carbonyl (C=O) groups excluding carboxylic acids is 1. The van der Waals surface area contributed by atoms with Crippen LogP contribution < -0.4 is 43.3 Å². The number of hydrogen-bond acceptors (Lipinski definition) is 20. The van der Waals surface area contributed by atoms with Crippen molar-refractivity contribution in [2.45, 2.75) is 52.9 Å². The number of phenolic OH excluding ortho intramolecular Hbond substituents is 8. The van der Waals surface area contributed by atoms with Gasteiger partial charge < -0.3 is 84.1 Å². The third-order valence-corrected chi connectivity index (χ3v) is 11.3. The van der Waals surface area contributed by atoms with Crippen molar-refractivity contribution in [1.29, 1.82) is 0 Å². The first-order chi connectivity index (χ1) is 38.4. The second kappa shape index (κ2) is 25.8. The fourth-order valence-corrected chi connectivity index (χ4v) is 7.91. The molecule has 8 rings (SSSR count). The van der Waals surface area contributed by atoms with Gasteiger partial charge in [0, 0.05) is 55.1 Å². The maximum Gasteiger partial charge on any atom is 0.407 e. The lowest BCUT2D eigenvalue weighted by Crippen LogP contribution is -2.19. The molecule has 9 N–H and O–H groups in total. The maximum absolute atomic E-state index is 11.9. The van der Waals surface area contributed by atoms with Crippen molar-refractivity contribution in [3.63, 3.8) is 0 Å². The zero-order valence-corrected chi connectivity index (χ0v) is 42.4. The zero-order chi connectivity index (χ0) is 56.7. The molecule has 0 saturated carbocycles. The predicted octanol–water partition coefficient (Wildman–Crippen LogP) is 9.81. The summed E-state index contributed by atoms with van der Waals surface area (Å²) in [5.74, 6) is 0.613. The van der Waals surface area contributed by atoms with Gasteiger partial charge in [-0.05, 0) is 142 Å². The van der Waals surface area contributed by atoms with E-state index in [1.807, 2.05) is 0 Å². The number of hydrogen-bond donors (Lipinski definition) is 9. The Morgan fingerprint density at radius 1 is 0.375 bits per heavy atom. The van der Waals surface area contributed by atoms with Crippen LogP contribution in [-0.4, -0.2) is 59.1 Å². The summed E-state index contributed by atoms with van der Waals surface area (Å²) in [6.07, 6.45) is -0.786. The van der Waals surface area contributed by atoms with Crippen LogP contribution in [0.3, 0.4) is 0 Å². The highest BCUT2D eigenvalue weighted by molar-refractivity contribution is 5.66. The van der Waals surface area contributed by atoms with Crippen LogP contribution in [0.1, 0.15) is 44.5 Å². The standard InChI is InChI=1S/C58H52N2O20/c1-59-58(69)79-33-41-18-50(2-3-57(41)80-60(70)71)72-30-38-12-55(77-31-39-14-51(73-26-34-4-42(61)19-43(62)5-34)23-52(15-39)74-27-35-6-44(63)20-45(64)7-35)25-56(13-38)78-32-40-16-53(75-28-36-8-46(65)21-47(66)9-36)24-54(17-40)76-29-37-10-48(67)22-49(68)11-37/h2-25,61-68H,26-33H2,1H3,(H,59,69). The highest BCUT2D eigenvalue weighted by atomic mass is 17.0. The van der Waals surface area contributed by atoms with Crippen molar-refractivity contribution in [2.75, 3.05) is 7.05 Å². The molecular formula is C58H52N2O20. The number of carbonyl (C=O) groups is 1. The molecule has 22 nitrogen and oxygen atoms in total. The van der Waals surface area contributed by atoms with Gasteiger partial charge in [0.15, 0.2) is 0 Å². The number of phenols is 8. The molecule has 0 unspecified atom stereocenters. The summed E-state index contributed by atoms with van der Waals surface area (Å²) in [4.78, 5) is 27.9. The summed E-state index contributed by atoms with van der Waals surface area (Å²) < 4.78 is 48.5. The van der Waals surface area contributed by atoms with Crippen molar-refractivity contribution in [3.05, 3.63) is 200 Å². The molecule has 414 valence electrons. The number of amides is 1. The molecule has 1 amide bonds. The van der Waals surface area contributed by atoms with Crippen LogP contribution in [-0.2, 0) is 57.6 Å². The van der Waals surface area contributed by atoms with Crippen molar-refractivity contribution in [3.8, 4) is 92.0 Å². The number of nitrogens with one attached hydrogen (secondary N) is 1. The van der Waals surface area contributed by atoms with Crippen molar-refractivity contribution in [2.24, 2.45) is 0 Å². The Labute approximate surface area is 455 Å². The Morgan fingerprint density at radius 3 is 0.900 bits per heavy atom. The molecule has 8 aromatic rings. The molecule has 0 aliphatic rings. The maximum atomic E-state index is 11.9. The van der Waals surface area contributed by atoms with Gasteiger partial charge in [-0.2, -0.15) is 0 Å². The topological polar surface area (TPSA) is 317 Å². The Hall–Kier alpha value is -10.8. The van der Waals surface area contributed by atoms with Crippen molar-refractivity contribution >= 4 is 6.09 Å². The molecule has 0 heterocycles. The summed E-state index contributed by atoms with van der Waals surface area (Å²) in [7, 11) is 1.35. The molecule has 80 heavy (non-hydrogen) atoms. The van der Waals surface area contributed by atoms with Gasteiger partial charge >= 0.3 is 6.09 Å². The second-order valence-electron chi connectivity index (χ2n) is 17.8. The van der Waals surface area contributed by atoms with E-state index in [2.05, 4.69) is 5.32 Å². The number of ether oxygens (including phenoxy) is 8. The summed E-state index contributed by atoms with van der Waals surface area (Å²) in [5.41, 5.74) is 3.62. The molecule has 0 aliphatic carbocycles. The minimum Gasteiger partial charge on any atom is -0.508 e. The largest absolute Gasteiger partial charge is 0.508 e. The highest BCUT2D eigenvalue weighted by Crippen LogP contribution is 2.34. The van der Waals surface area contributed by atoms with E-state index in [-0.39, 0.29) is 109 Å². The van der Waals surface area contributed by atoms with Gasteiger partial charge in [0.1, 0.15) is 145 Å². The third kappa shape index (κ3) is 16.9. The lowest BCUT2D eigenvalue weighted by atomic mass is 10.1. The Morgan fingerprint density at radius 2 is 0.637 bits per heavy atom. The highest BCUT2D eigenvalue weighted by Gasteiger charge is 2.15. The predicted molar refractivity (Wildman–Crippen MR) is 282 cm³/mol. The van der Waals surface area contributed by atoms with E-state index < -0.39 is 17.8 Å². The smallest absolute Gasteiger partial charge is 0.407 e. The molecule has 0 fully saturated rings. The summed E-state index contributed by atoms with van der Waals surface area (Å²) >= 11 is 0. The number of nitrogens with zero attached hydrogens (tertiary/aromatic N) is 1. The SMILES string of the molecule is CNC(=O)OCc1cc(OCc2cc(OCc3cc(OCc4cc(O)cc(O)c4)cc(OCc4cc(O)cc(O)c4)c3)cc(OCc3cc(OCc4cc(O)cc(O)c4)cc(OCc4cc(O)cc(O)c4)c3)c2)ccc1O[N+](=O)[O-]. The van der Waals surface area contributed by atoms with Gasteiger partial charge in [-0.1, -0.05) is 0 Å². The fraction of sp³-hybridized carbons (Fsp3) is 0.155. The van der Waals surface area contributed by atoms with Crippen molar-refractivity contribution < 1.29 is 93.5 Å². The molecule has 22 heteroatoms. The van der Waals surface area contributed by atoms with Gasteiger partial charge in [0.25, 0.3) is 5.09 Å². The van der Waals surface area contributed by atoms with Crippen molar-refractivity contribution in [1.82, 2.24) is 5.32 Å². The van der Waals surface area contributed by atoms with E-state index >= 15 is 0 Å². The summed E-state index contributed by atoms with van der Waals surface area (Å²) in [5, 5.41) is 93.1. The lowest BCUT2D eigenvalue weighted by Gasteiger charge is -2.16. The molecule has 0 aromatic heterocycles. The molecule has 8 aromatic carbocycles. The van der Waals surface area contributed by atoms with Gasteiger partial charge in [-0.3, -0.25) is 4.84 Å². The zero-order valence-electron chi connectivity index (χ0n) is 42.4. The van der Waals surface area contributed by atoms with E-state index in [1.54, 1.807) is 54.6 Å². The third-order valence-electron chi connectivity index (χ3n) is 11.3. The Kier molecular flexibility index (Phi) is 17.9. The van der Waals surface area contributed by atoms with Gasteiger partial charge in [-0.15, -0.1) is 10.1 Å². The van der Waals surface area contributed by atoms with Crippen LogP contribution in [0.15, 0.2) is 146 Å². The van der Waals surface area contributed by atoms with E-state index in [0.717, 1.165) is 0 Å². The van der Waals surface area contributed by atoms with Crippen LogP contribution in [0.4, 0.5) is 4.79 Å². The Balaban J connectivity index is 1.08. The van der Waals surface area contributed by atoms with Crippen LogP contribution >= 0.6 is 0 Å². The summed E-state index contributed by atoms with van der Waals surface area (Å²) in [6, 6.07) is 35.4. The fourth-order valence-electron chi connectivity index (χ4n) is 7.91. The van der Waals surface area contributed by atoms with Crippen LogP contribution in [0.5, 0.6) is 92.0 Å². The first-order valence-corrected chi connectivity index (χ1v) is 24.1. The van der Waals surface area contributed by atoms with Crippen LogP contribution in [0.2, 0.25) is 0 Å². The molecule has 0 spiro atoms. The van der Waals surface area contributed by atoms with E-state index in [1.165, 1.54) is 98.0 Å². The minimum atomic E-state index is -0.999. The quantitative estimate of drug-likeness (QED) is 0.0190. The molecule has 0 radical (unpaired) electrons. The molecule has 0 atom stereocenters. The number of rotatable bonds is 25. The Bertz CT molecular complexity index is 3090. The number of aromatic hydroxyl groups is 8. The average molecular weight is 1100 g/mol. The van der Waals surface area contributed by atoms with Gasteiger partial charge in [-0.25, -0.2) is 4.79 Å². The molecule has 0 aliphatic heterocycles. The minimum absolute atomic E-state index is 0.0596. The van der Waals surface area contributed by atoms with Crippen LogP contribution in [0, 0.1) is 10.1 Å². The lowest BCUT2D eigenvalue weighted by molar-refractivity contribution is -0.711. The molecular weight excluding hydrogens is 1040 g/mol. The molecule has 0 saturated heterocycles. The van der Waals surface area contributed by atoms with E-state index in [0.29, 0.717) is 73.4 Å². The normalized spacial score (nSPS) is 10.8. The summed E-state index contributed by atoms with van der Waals surface area (Å²) in [6.45, 7) is -0.921. The first-order valence-electron chi connectivity index (χ1n) is 24.1. The van der Waals surface area contributed by atoms with Gasteiger partial charge in [0.05, 0.1) is 0 Å². The van der Waals surface area contributed by atoms with E-state index in [9.17, 15) is 55.8 Å². The van der Waals surface area contributed by atoms with Crippen LogP contribution in [0.25, 0.3) is 0 Å². The molecule has 0 bridgehead atoms. The number of alkyl carbamates (subject to hydrolysis) is 1. The van der Waals surface area contributed by atoms with Gasteiger partial charge in [0.2, 0.25) is 0 Å². The first kappa shape index (κ1) is 55.5. The van der Waals surface area contributed by atoms with E-state index in [4.69, 9.17) is 42.7 Å². The second-order valence-corrected chi connectivity index (χ2v) is 17.8.